The first-order valence-corrected chi connectivity index (χ1v) is 9.65. The number of hydrogen-bond acceptors (Lipinski definition) is 2. The average Bonchev–Trinajstić information content (AvgIpc) is 2.39. The Balaban J connectivity index is 2.15. The number of nitrogens with zero attached hydrogens (tertiary/aromatic N) is 2. The maximum absolute atomic E-state index is 3.82. The van der Waals surface area contributed by atoms with Crippen LogP contribution in [0.4, 0.5) is 0 Å². The third-order valence-corrected chi connectivity index (χ3v) is 7.92. The minimum Gasteiger partial charge on any atom is -0.318 e. The van der Waals surface area contributed by atoms with E-state index in [2.05, 4.69) is 60.5 Å². The van der Waals surface area contributed by atoms with Gasteiger partial charge in [0.05, 0.1) is 0 Å². The highest BCUT2D eigenvalue weighted by atomic mass is 28.3. The number of likely N-dealkylation sites (N-methyl/N-ethyl adjacent to an activating group) is 1. The van der Waals surface area contributed by atoms with E-state index in [1.807, 2.05) is 6.08 Å². The van der Waals surface area contributed by atoms with Crippen LogP contribution in [0.5, 0.6) is 0 Å². The molecule has 3 heteroatoms. The molecule has 1 heterocycles. The molecule has 0 unspecified atom stereocenters. The van der Waals surface area contributed by atoms with Crippen LogP contribution in [0.15, 0.2) is 30.8 Å². The summed E-state index contributed by atoms with van der Waals surface area (Å²) in [6, 6.07) is 8.96. The summed E-state index contributed by atoms with van der Waals surface area (Å²) in [6.07, 6.45) is 1.91. The standard InChI is InChI=1S/C15H24N2Si/c1-5-14-6-8-15(9-7-14)18(3,4)17-12-10-16(2)11-13-17/h5-9H,1,10-13H2,2-4H3. The van der Waals surface area contributed by atoms with Crippen LogP contribution in [0, 0.1) is 0 Å². The molecule has 2 rings (SSSR count). The van der Waals surface area contributed by atoms with E-state index in [-0.39, 0.29) is 0 Å². The van der Waals surface area contributed by atoms with Gasteiger partial charge in [0.1, 0.15) is 0 Å². The SMILES string of the molecule is C=Cc1ccc([Si](C)(C)N2CCN(C)CC2)cc1. The molecule has 0 N–H and O–H groups in total. The van der Waals surface area contributed by atoms with Crippen molar-refractivity contribution in [1.82, 2.24) is 9.47 Å². The van der Waals surface area contributed by atoms with E-state index >= 15 is 0 Å². The smallest absolute Gasteiger partial charge is 0.154 e. The Morgan fingerprint density at radius 2 is 1.61 bits per heavy atom. The Morgan fingerprint density at radius 3 is 2.11 bits per heavy atom. The van der Waals surface area contributed by atoms with E-state index in [1.54, 1.807) is 0 Å². The van der Waals surface area contributed by atoms with Gasteiger partial charge in [0.15, 0.2) is 8.24 Å². The number of benzene rings is 1. The quantitative estimate of drug-likeness (QED) is 0.767. The van der Waals surface area contributed by atoms with Crippen LogP contribution < -0.4 is 5.19 Å². The second-order valence-corrected chi connectivity index (χ2v) is 10.0. The van der Waals surface area contributed by atoms with Gasteiger partial charge < -0.3 is 9.47 Å². The Bertz CT molecular complexity index is 403. The zero-order valence-electron chi connectivity index (χ0n) is 11.8. The highest BCUT2D eigenvalue weighted by Gasteiger charge is 2.32. The van der Waals surface area contributed by atoms with Gasteiger partial charge in [0, 0.05) is 26.2 Å². The van der Waals surface area contributed by atoms with Gasteiger partial charge in [-0.15, -0.1) is 0 Å². The van der Waals surface area contributed by atoms with Crippen LogP contribution in [-0.2, 0) is 0 Å². The minimum absolute atomic E-state index is 1.20. The van der Waals surface area contributed by atoms with Gasteiger partial charge >= 0.3 is 0 Å². The van der Waals surface area contributed by atoms with Crippen LogP contribution in [0.1, 0.15) is 5.56 Å². The fraction of sp³-hybridized carbons (Fsp3) is 0.467. The molecule has 0 atom stereocenters. The summed E-state index contributed by atoms with van der Waals surface area (Å²) >= 11 is 0. The third-order valence-electron chi connectivity index (χ3n) is 4.15. The second-order valence-electron chi connectivity index (χ2n) is 5.68. The van der Waals surface area contributed by atoms with Crippen LogP contribution in [0.25, 0.3) is 6.08 Å². The van der Waals surface area contributed by atoms with Crippen molar-refractivity contribution in [3.63, 3.8) is 0 Å². The Morgan fingerprint density at radius 1 is 1.06 bits per heavy atom. The average molecular weight is 260 g/mol. The van der Waals surface area contributed by atoms with Crippen molar-refractivity contribution < 1.29 is 0 Å². The summed E-state index contributed by atoms with van der Waals surface area (Å²) in [5, 5.41) is 1.53. The maximum atomic E-state index is 3.82. The molecule has 0 saturated carbocycles. The predicted octanol–water partition coefficient (Wildman–Crippen LogP) is 1.99. The van der Waals surface area contributed by atoms with Gasteiger partial charge in [-0.2, -0.15) is 0 Å². The first-order chi connectivity index (χ1) is 8.54. The molecule has 18 heavy (non-hydrogen) atoms. The molecule has 1 saturated heterocycles. The molecular formula is C15H24N2Si. The van der Waals surface area contributed by atoms with Crippen molar-refractivity contribution in [2.75, 3.05) is 33.2 Å². The van der Waals surface area contributed by atoms with E-state index < -0.39 is 8.24 Å². The van der Waals surface area contributed by atoms with E-state index in [0.717, 1.165) is 0 Å². The zero-order chi connectivity index (χ0) is 13.2. The lowest BCUT2D eigenvalue weighted by atomic mass is 10.2. The lowest BCUT2D eigenvalue weighted by Gasteiger charge is -2.42. The maximum Gasteiger partial charge on any atom is 0.154 e. The monoisotopic (exact) mass is 260 g/mol. The van der Waals surface area contributed by atoms with Gasteiger partial charge in [-0.25, -0.2) is 0 Å². The minimum atomic E-state index is -1.47. The van der Waals surface area contributed by atoms with Crippen molar-refractivity contribution in [3.05, 3.63) is 36.4 Å². The normalized spacial score (nSPS) is 18.8. The topological polar surface area (TPSA) is 6.48 Å². The molecule has 1 aromatic rings. The predicted molar refractivity (Wildman–Crippen MR) is 82.7 cm³/mol. The van der Waals surface area contributed by atoms with Gasteiger partial charge in [-0.1, -0.05) is 50.0 Å². The van der Waals surface area contributed by atoms with E-state index in [9.17, 15) is 0 Å². The number of piperazine rings is 1. The Labute approximate surface area is 112 Å². The van der Waals surface area contributed by atoms with E-state index in [0.29, 0.717) is 0 Å². The summed E-state index contributed by atoms with van der Waals surface area (Å²) in [5.74, 6) is 0. The van der Waals surface area contributed by atoms with Crippen molar-refractivity contribution in [3.8, 4) is 0 Å². The summed E-state index contributed by atoms with van der Waals surface area (Å²) in [4.78, 5) is 2.42. The van der Waals surface area contributed by atoms with Crippen LogP contribution >= 0.6 is 0 Å². The first-order valence-electron chi connectivity index (χ1n) is 6.70. The highest BCUT2D eigenvalue weighted by molar-refractivity contribution is 6.87. The molecule has 0 radical (unpaired) electrons. The summed E-state index contributed by atoms with van der Waals surface area (Å²) in [6.45, 7) is 13.5. The molecule has 1 aliphatic rings. The molecule has 1 aromatic carbocycles. The van der Waals surface area contributed by atoms with Crippen LogP contribution in [0.3, 0.4) is 0 Å². The van der Waals surface area contributed by atoms with E-state index in [1.165, 1.54) is 36.9 Å². The second kappa shape index (κ2) is 5.39. The molecule has 1 fully saturated rings. The fourth-order valence-electron chi connectivity index (χ4n) is 2.58. The lowest BCUT2D eigenvalue weighted by molar-refractivity contribution is 0.218. The summed E-state index contributed by atoms with van der Waals surface area (Å²) in [7, 11) is 0.742. The Hall–Kier alpha value is -0.903. The molecule has 2 nitrogen and oxygen atoms in total. The lowest BCUT2D eigenvalue weighted by Crippen LogP contribution is -2.62. The highest BCUT2D eigenvalue weighted by Crippen LogP contribution is 2.14. The number of hydrogen-bond donors (Lipinski definition) is 0. The molecule has 1 aliphatic heterocycles. The molecule has 98 valence electrons. The van der Waals surface area contributed by atoms with E-state index in [4.69, 9.17) is 0 Å². The van der Waals surface area contributed by atoms with Crippen molar-refractivity contribution in [2.45, 2.75) is 13.1 Å². The Kier molecular flexibility index (Phi) is 4.05. The molecule has 0 aromatic heterocycles. The van der Waals surface area contributed by atoms with Crippen molar-refractivity contribution in [1.29, 1.82) is 0 Å². The molecule has 0 aliphatic carbocycles. The summed E-state index contributed by atoms with van der Waals surface area (Å²) in [5.41, 5.74) is 1.21. The molecular weight excluding hydrogens is 236 g/mol. The van der Waals surface area contributed by atoms with Crippen LogP contribution in [-0.4, -0.2) is 50.9 Å². The third kappa shape index (κ3) is 2.74. The van der Waals surface area contributed by atoms with Gasteiger partial charge in [-0.05, 0) is 17.8 Å². The van der Waals surface area contributed by atoms with Gasteiger partial charge in [-0.3, -0.25) is 0 Å². The van der Waals surface area contributed by atoms with Gasteiger partial charge in [0.2, 0.25) is 0 Å². The molecule has 0 spiro atoms. The summed E-state index contributed by atoms with van der Waals surface area (Å²) < 4.78 is 2.72. The number of rotatable bonds is 3. The van der Waals surface area contributed by atoms with Crippen molar-refractivity contribution in [2.24, 2.45) is 0 Å². The molecule has 0 bridgehead atoms. The fourth-order valence-corrected chi connectivity index (χ4v) is 5.24. The molecule has 0 amide bonds. The van der Waals surface area contributed by atoms with Crippen molar-refractivity contribution >= 4 is 19.5 Å². The largest absolute Gasteiger partial charge is 0.318 e. The zero-order valence-corrected chi connectivity index (χ0v) is 12.8. The van der Waals surface area contributed by atoms with Crippen LogP contribution in [0.2, 0.25) is 13.1 Å². The first kappa shape index (κ1) is 13.5. The van der Waals surface area contributed by atoms with Gasteiger partial charge in [0.25, 0.3) is 0 Å².